The summed E-state index contributed by atoms with van der Waals surface area (Å²) in [5, 5.41) is 3.02. The van der Waals surface area contributed by atoms with Crippen molar-refractivity contribution in [3.8, 4) is 0 Å². The van der Waals surface area contributed by atoms with Gasteiger partial charge in [-0.15, -0.1) is 0 Å². The van der Waals surface area contributed by atoms with Crippen molar-refractivity contribution in [3.05, 3.63) is 85.1 Å². The van der Waals surface area contributed by atoms with Crippen LogP contribution in [-0.4, -0.2) is 69.4 Å². The lowest BCUT2D eigenvalue weighted by Gasteiger charge is -2.30. The normalized spacial score (nSPS) is 14.1. The average molecular weight is 1150 g/mol. The highest BCUT2D eigenvalue weighted by atomic mass is 31.2. The SMILES string of the molecule is CC/C=C\C/C=C\C/C=C\C/C=C\C/C=C\CCCCCC(=O)NC(COP(=O)([O-])OCC[N+](C)(C)C)C(/C=C\CCCCCCCCCCC)OC(=O)CCCCCCCCCCCCCCCCC/C=C/CCCCCCCC. The smallest absolute Gasteiger partial charge is 0.306 e. The predicted octanol–water partition coefficient (Wildman–Crippen LogP) is 20.7. The highest BCUT2D eigenvalue weighted by molar-refractivity contribution is 7.45. The van der Waals surface area contributed by atoms with Gasteiger partial charge in [-0.2, -0.15) is 0 Å². The molecule has 0 fully saturated rings. The second-order valence-corrected chi connectivity index (χ2v) is 25.4. The van der Waals surface area contributed by atoms with E-state index in [0.717, 1.165) is 89.9 Å². The molecule has 0 bridgehead atoms. The first-order chi connectivity index (χ1) is 39.4. The molecule has 1 N–H and O–H groups in total. The largest absolute Gasteiger partial charge is 0.756 e. The number of rotatable bonds is 61. The van der Waals surface area contributed by atoms with Gasteiger partial charge in [0.15, 0.2) is 0 Å². The number of hydrogen-bond donors (Lipinski definition) is 1. The maximum absolute atomic E-state index is 13.5. The van der Waals surface area contributed by atoms with Crippen LogP contribution in [0.4, 0.5) is 0 Å². The molecular weight excluding hydrogens is 1020 g/mol. The fourth-order valence-electron chi connectivity index (χ4n) is 9.60. The Kier molecular flexibility index (Phi) is 58.2. The fourth-order valence-corrected chi connectivity index (χ4v) is 10.3. The molecule has 3 unspecified atom stereocenters. The quantitative estimate of drug-likeness (QED) is 0.0212. The molecule has 0 heterocycles. The minimum absolute atomic E-state index is 0.0315. The van der Waals surface area contributed by atoms with Gasteiger partial charge in [0.25, 0.3) is 7.82 Å². The summed E-state index contributed by atoms with van der Waals surface area (Å²) in [4.78, 5) is 40.1. The second-order valence-electron chi connectivity index (χ2n) is 23.9. The highest BCUT2D eigenvalue weighted by Gasteiger charge is 2.27. The number of carbonyl (C=O) groups excluding carboxylic acids is 2. The van der Waals surface area contributed by atoms with Crippen LogP contribution < -0.4 is 10.2 Å². The van der Waals surface area contributed by atoms with Gasteiger partial charge in [0.1, 0.15) is 19.3 Å². The van der Waals surface area contributed by atoms with Crippen molar-refractivity contribution in [1.29, 1.82) is 0 Å². The Balaban J connectivity index is 5.10. The third-order valence-corrected chi connectivity index (χ3v) is 15.8. The van der Waals surface area contributed by atoms with E-state index in [4.69, 9.17) is 13.8 Å². The summed E-state index contributed by atoms with van der Waals surface area (Å²) in [7, 11) is 1.16. The lowest BCUT2D eigenvalue weighted by molar-refractivity contribution is -0.870. The molecule has 470 valence electrons. The van der Waals surface area contributed by atoms with Crippen LogP contribution in [-0.2, 0) is 27.9 Å². The van der Waals surface area contributed by atoms with E-state index in [1.807, 2.05) is 33.3 Å². The van der Waals surface area contributed by atoms with Gasteiger partial charge in [-0.1, -0.05) is 273 Å². The molecule has 0 spiro atoms. The molecule has 0 aliphatic heterocycles. The summed E-state index contributed by atoms with van der Waals surface area (Å²) in [6.07, 6.45) is 80.0. The van der Waals surface area contributed by atoms with E-state index >= 15 is 0 Å². The minimum Gasteiger partial charge on any atom is -0.756 e. The molecule has 0 radical (unpaired) electrons. The number of carbonyl (C=O) groups is 2. The molecule has 0 saturated carbocycles. The maximum atomic E-state index is 13.5. The maximum Gasteiger partial charge on any atom is 0.306 e. The summed E-state index contributed by atoms with van der Waals surface area (Å²) in [5.74, 6) is -0.574. The van der Waals surface area contributed by atoms with Crippen LogP contribution in [0.1, 0.15) is 303 Å². The Bertz CT molecular complexity index is 1660. The topological polar surface area (TPSA) is 114 Å². The second kappa shape index (κ2) is 60.3. The number of nitrogens with zero attached hydrogens (tertiary/aromatic N) is 1. The van der Waals surface area contributed by atoms with Crippen molar-refractivity contribution in [2.24, 2.45) is 0 Å². The lowest BCUT2D eigenvalue weighted by Crippen LogP contribution is -2.47. The highest BCUT2D eigenvalue weighted by Crippen LogP contribution is 2.38. The summed E-state index contributed by atoms with van der Waals surface area (Å²) in [6.45, 7) is 6.71. The van der Waals surface area contributed by atoms with E-state index < -0.39 is 26.6 Å². The summed E-state index contributed by atoms with van der Waals surface area (Å²) < 4.78 is 30.3. The van der Waals surface area contributed by atoms with Crippen LogP contribution in [0.15, 0.2) is 85.1 Å². The van der Waals surface area contributed by atoms with Gasteiger partial charge >= 0.3 is 5.97 Å². The Morgan fingerprint density at radius 1 is 0.444 bits per heavy atom. The molecule has 0 aliphatic carbocycles. The van der Waals surface area contributed by atoms with Crippen LogP contribution in [0.25, 0.3) is 0 Å². The number of unbranched alkanes of at least 4 members (excludes halogenated alkanes) is 33. The summed E-state index contributed by atoms with van der Waals surface area (Å²) >= 11 is 0. The first-order valence-corrected chi connectivity index (χ1v) is 35.4. The predicted molar refractivity (Wildman–Crippen MR) is 348 cm³/mol. The van der Waals surface area contributed by atoms with Crippen LogP contribution in [0.3, 0.4) is 0 Å². The summed E-state index contributed by atoms with van der Waals surface area (Å²) in [5.41, 5.74) is 0. The first-order valence-electron chi connectivity index (χ1n) is 33.9. The number of phosphoric acid groups is 1. The zero-order valence-corrected chi connectivity index (χ0v) is 54.6. The van der Waals surface area contributed by atoms with E-state index in [9.17, 15) is 19.0 Å². The van der Waals surface area contributed by atoms with Gasteiger partial charge in [0.05, 0.1) is 33.8 Å². The van der Waals surface area contributed by atoms with Gasteiger partial charge in [-0.05, 0) is 102 Å². The van der Waals surface area contributed by atoms with Crippen LogP contribution in [0.5, 0.6) is 0 Å². The van der Waals surface area contributed by atoms with Crippen LogP contribution >= 0.6 is 7.82 Å². The number of amides is 1. The van der Waals surface area contributed by atoms with Gasteiger partial charge in [0, 0.05) is 12.8 Å². The van der Waals surface area contributed by atoms with Crippen molar-refractivity contribution < 1.29 is 37.3 Å². The van der Waals surface area contributed by atoms with E-state index in [1.54, 1.807) is 0 Å². The van der Waals surface area contributed by atoms with Crippen molar-refractivity contribution >= 4 is 19.7 Å². The molecule has 0 aromatic rings. The molecule has 0 aliphatic rings. The fraction of sp³-hybridized carbons (Fsp3) is 0.775. The van der Waals surface area contributed by atoms with Crippen LogP contribution in [0, 0.1) is 0 Å². The number of phosphoric ester groups is 1. The molecule has 0 saturated heterocycles. The van der Waals surface area contributed by atoms with Gasteiger partial charge < -0.3 is 28.5 Å². The van der Waals surface area contributed by atoms with Crippen molar-refractivity contribution in [2.75, 3.05) is 40.9 Å². The number of likely N-dealkylation sites (N-methyl/N-ethyl adjacent to an activating group) is 1. The zero-order valence-electron chi connectivity index (χ0n) is 53.7. The van der Waals surface area contributed by atoms with E-state index in [-0.39, 0.29) is 31.3 Å². The molecule has 0 aromatic heterocycles. The Morgan fingerprint density at radius 2 is 0.790 bits per heavy atom. The van der Waals surface area contributed by atoms with Crippen LogP contribution in [0.2, 0.25) is 0 Å². The molecule has 10 heteroatoms. The third kappa shape index (κ3) is 61.6. The molecular formula is C71H129N2O7P. The average Bonchev–Trinajstić information content (AvgIpc) is 3.43. The first kappa shape index (κ1) is 78.2. The number of allylic oxidation sites excluding steroid dienone is 13. The molecule has 0 rings (SSSR count). The molecule has 1 amide bonds. The lowest BCUT2D eigenvalue weighted by atomic mass is 10.0. The summed E-state index contributed by atoms with van der Waals surface area (Å²) in [6, 6.07) is -0.909. The minimum atomic E-state index is -4.71. The number of esters is 1. The standard InChI is InChI=1S/C71H129N2O7P/c1-7-10-13-16-19-22-25-27-29-31-33-34-35-36-37-38-40-42-44-46-49-52-55-58-61-64-71(75)80-69(62-59-56-53-50-47-24-21-18-15-12-9-3)68(67-79-81(76,77)78-66-65-73(4,5)6)72-70(74)63-60-57-54-51-48-45-43-41-39-32-30-28-26-23-20-17-14-11-8-2/h11,14,20,23,27-30,39,41,45,48,59,62,68-69H,7-10,12-13,15-19,21-22,24-26,31-38,40,42-44,46-47,49-58,60-61,63-67H2,1-6H3,(H-,72,74,76,77)/b14-11-,23-20-,29-27+,30-28-,41-39-,48-45-,62-59-. The van der Waals surface area contributed by atoms with Crippen molar-refractivity contribution in [1.82, 2.24) is 5.32 Å². The molecule has 81 heavy (non-hydrogen) atoms. The Hall–Kier alpha value is -2.81. The Labute approximate surface area is 501 Å². The molecule has 0 aromatic carbocycles. The van der Waals surface area contributed by atoms with E-state index in [2.05, 4.69) is 99.0 Å². The van der Waals surface area contributed by atoms with Crippen molar-refractivity contribution in [3.63, 3.8) is 0 Å². The molecule has 9 nitrogen and oxygen atoms in total. The number of ether oxygens (including phenoxy) is 1. The Morgan fingerprint density at radius 3 is 1.21 bits per heavy atom. The van der Waals surface area contributed by atoms with Gasteiger partial charge in [0.2, 0.25) is 5.91 Å². The number of hydrogen-bond acceptors (Lipinski definition) is 7. The van der Waals surface area contributed by atoms with Crippen molar-refractivity contribution in [2.45, 2.75) is 315 Å². The van der Waals surface area contributed by atoms with E-state index in [0.29, 0.717) is 17.4 Å². The third-order valence-electron chi connectivity index (χ3n) is 14.8. The number of quaternary nitrogens is 1. The van der Waals surface area contributed by atoms with Gasteiger partial charge in [-0.3, -0.25) is 14.2 Å². The molecule has 3 atom stereocenters. The monoisotopic (exact) mass is 1150 g/mol. The van der Waals surface area contributed by atoms with Gasteiger partial charge in [-0.25, -0.2) is 0 Å². The number of nitrogens with one attached hydrogen (secondary N) is 1. The van der Waals surface area contributed by atoms with E-state index in [1.165, 1.54) is 173 Å². The zero-order chi connectivity index (χ0) is 59.3.